The molecule has 3 aromatic rings. The molecule has 31 heavy (non-hydrogen) atoms. The second kappa shape index (κ2) is 10.3. The van der Waals surface area contributed by atoms with Gasteiger partial charge in [0.2, 0.25) is 5.89 Å². The van der Waals surface area contributed by atoms with Gasteiger partial charge in [-0.2, -0.15) is 0 Å². The molecule has 1 N–H and O–H groups in total. The lowest BCUT2D eigenvalue weighted by Gasteiger charge is -2.19. The molecule has 0 spiro atoms. The van der Waals surface area contributed by atoms with E-state index in [4.69, 9.17) is 13.9 Å². The molecule has 0 amide bonds. The first-order valence-corrected chi connectivity index (χ1v) is 10.5. The van der Waals surface area contributed by atoms with Crippen molar-refractivity contribution in [3.63, 3.8) is 0 Å². The van der Waals surface area contributed by atoms with Crippen LogP contribution in [0.3, 0.4) is 0 Å². The maximum Gasteiger partial charge on any atom is 0.320 e. The van der Waals surface area contributed by atoms with E-state index in [2.05, 4.69) is 10.3 Å². The van der Waals surface area contributed by atoms with Crippen LogP contribution in [0.4, 0.5) is 0 Å². The Morgan fingerprint density at radius 3 is 2.61 bits per heavy atom. The zero-order chi connectivity index (χ0) is 22.3. The maximum atomic E-state index is 11.8. The zero-order valence-corrected chi connectivity index (χ0v) is 18.6. The van der Waals surface area contributed by atoms with Crippen LogP contribution < -0.4 is 10.1 Å². The molecule has 1 aromatic heterocycles. The van der Waals surface area contributed by atoms with Crippen molar-refractivity contribution in [1.82, 2.24) is 10.3 Å². The average Bonchev–Trinajstić information content (AvgIpc) is 3.08. The van der Waals surface area contributed by atoms with E-state index in [9.17, 15) is 4.79 Å². The molecule has 0 unspecified atom stereocenters. The number of hydrogen-bond donors (Lipinski definition) is 1. The Morgan fingerprint density at radius 2 is 1.87 bits per heavy atom. The Morgan fingerprint density at radius 1 is 1.10 bits per heavy atom. The molecule has 0 saturated heterocycles. The predicted octanol–water partition coefficient (Wildman–Crippen LogP) is 4.70. The van der Waals surface area contributed by atoms with E-state index in [0.29, 0.717) is 25.5 Å². The number of carbonyl (C=O) groups excluding carboxylic acids is 1. The summed E-state index contributed by atoms with van der Waals surface area (Å²) in [5.74, 6) is 1.95. The summed E-state index contributed by atoms with van der Waals surface area (Å²) in [6, 6.07) is 17.7. The van der Waals surface area contributed by atoms with Crippen LogP contribution in [0, 0.1) is 6.92 Å². The maximum absolute atomic E-state index is 11.8. The second-order valence-corrected chi connectivity index (χ2v) is 8.32. The van der Waals surface area contributed by atoms with Crippen molar-refractivity contribution in [3.05, 3.63) is 71.6 Å². The van der Waals surface area contributed by atoms with Gasteiger partial charge in [0, 0.05) is 18.5 Å². The number of nitrogens with zero attached hydrogens (tertiary/aromatic N) is 1. The van der Waals surface area contributed by atoms with Crippen LogP contribution in [-0.2, 0) is 22.5 Å². The molecular weight excluding hydrogens is 392 g/mol. The summed E-state index contributed by atoms with van der Waals surface area (Å²) in [4.78, 5) is 16.4. The molecule has 164 valence electrons. The molecular formula is C25H30N2O4. The Balaban J connectivity index is 1.47. The Bertz CT molecular complexity index is 990. The van der Waals surface area contributed by atoms with Crippen molar-refractivity contribution >= 4 is 5.97 Å². The number of oxazole rings is 1. The number of esters is 1. The lowest BCUT2D eigenvalue weighted by molar-refractivity contribution is -0.153. The highest BCUT2D eigenvalue weighted by Gasteiger charge is 2.15. The molecule has 3 rings (SSSR count). The molecule has 0 aliphatic rings. The van der Waals surface area contributed by atoms with Crippen LogP contribution in [0.1, 0.15) is 37.8 Å². The van der Waals surface area contributed by atoms with Crippen LogP contribution >= 0.6 is 0 Å². The SMILES string of the molecule is Cc1oc(-c2ccccc2)nc1CCOc1cccc(CNCC(=O)OC(C)(C)C)c1. The van der Waals surface area contributed by atoms with Crippen molar-refractivity contribution in [2.75, 3.05) is 13.2 Å². The van der Waals surface area contributed by atoms with Crippen molar-refractivity contribution in [2.45, 2.75) is 46.3 Å². The van der Waals surface area contributed by atoms with Crippen LogP contribution in [0.5, 0.6) is 5.75 Å². The third-order valence-corrected chi connectivity index (χ3v) is 4.44. The van der Waals surface area contributed by atoms with Crippen LogP contribution in [0.2, 0.25) is 0 Å². The van der Waals surface area contributed by atoms with Gasteiger partial charge in [-0.25, -0.2) is 4.98 Å². The summed E-state index contributed by atoms with van der Waals surface area (Å²) in [6.45, 7) is 8.71. The van der Waals surface area contributed by atoms with Gasteiger partial charge in [-0.15, -0.1) is 0 Å². The van der Waals surface area contributed by atoms with E-state index in [-0.39, 0.29) is 12.5 Å². The predicted molar refractivity (Wildman–Crippen MR) is 120 cm³/mol. The minimum Gasteiger partial charge on any atom is -0.493 e. The molecule has 6 heteroatoms. The van der Waals surface area contributed by atoms with E-state index in [1.807, 2.05) is 82.3 Å². The third kappa shape index (κ3) is 7.26. The van der Waals surface area contributed by atoms with Crippen LogP contribution in [0.25, 0.3) is 11.5 Å². The number of ether oxygens (including phenoxy) is 2. The molecule has 0 bridgehead atoms. The molecule has 2 aromatic carbocycles. The Kier molecular flexibility index (Phi) is 7.47. The summed E-state index contributed by atoms with van der Waals surface area (Å²) in [6.07, 6.45) is 0.656. The van der Waals surface area contributed by atoms with E-state index in [1.54, 1.807) is 0 Å². The fraction of sp³-hybridized carbons (Fsp3) is 0.360. The molecule has 1 heterocycles. The van der Waals surface area contributed by atoms with Crippen LogP contribution in [0.15, 0.2) is 59.0 Å². The molecule has 0 aliphatic heterocycles. The standard InChI is InChI=1S/C25H30N2O4/c1-18-22(27-24(30-18)20-10-6-5-7-11-20)13-14-29-21-12-8-9-19(15-21)16-26-17-23(28)31-25(2,3)4/h5-12,15,26H,13-14,16-17H2,1-4H3. The first-order chi connectivity index (χ1) is 14.8. The summed E-state index contributed by atoms with van der Waals surface area (Å²) in [5.41, 5.74) is 2.42. The first kappa shape index (κ1) is 22.6. The Labute approximate surface area is 183 Å². The summed E-state index contributed by atoms with van der Waals surface area (Å²) >= 11 is 0. The van der Waals surface area contributed by atoms with Gasteiger partial charge >= 0.3 is 5.97 Å². The van der Waals surface area contributed by atoms with Crippen molar-refractivity contribution in [2.24, 2.45) is 0 Å². The van der Waals surface area contributed by atoms with Crippen molar-refractivity contribution < 1.29 is 18.7 Å². The third-order valence-electron chi connectivity index (χ3n) is 4.44. The summed E-state index contributed by atoms with van der Waals surface area (Å²) in [7, 11) is 0. The van der Waals surface area contributed by atoms with E-state index >= 15 is 0 Å². The topological polar surface area (TPSA) is 73.6 Å². The van der Waals surface area contributed by atoms with Crippen molar-refractivity contribution in [1.29, 1.82) is 0 Å². The lowest BCUT2D eigenvalue weighted by Crippen LogP contribution is -2.31. The molecule has 0 fully saturated rings. The first-order valence-electron chi connectivity index (χ1n) is 10.5. The van der Waals surface area contributed by atoms with Gasteiger partial charge in [0.25, 0.3) is 0 Å². The van der Waals surface area contributed by atoms with Gasteiger partial charge in [-0.1, -0.05) is 30.3 Å². The normalized spacial score (nSPS) is 11.4. The highest BCUT2D eigenvalue weighted by molar-refractivity contribution is 5.72. The van der Waals surface area contributed by atoms with Gasteiger partial charge in [0.1, 0.15) is 17.1 Å². The minimum atomic E-state index is -0.476. The number of rotatable bonds is 9. The lowest BCUT2D eigenvalue weighted by atomic mass is 10.2. The van der Waals surface area contributed by atoms with Gasteiger partial charge in [0.05, 0.1) is 18.8 Å². The summed E-state index contributed by atoms with van der Waals surface area (Å²) < 4.78 is 17.0. The molecule has 0 atom stereocenters. The largest absolute Gasteiger partial charge is 0.493 e. The summed E-state index contributed by atoms with van der Waals surface area (Å²) in [5, 5.41) is 3.11. The number of hydrogen-bond acceptors (Lipinski definition) is 6. The monoisotopic (exact) mass is 422 g/mol. The molecule has 0 saturated carbocycles. The smallest absolute Gasteiger partial charge is 0.320 e. The number of aryl methyl sites for hydroxylation is 1. The van der Waals surface area contributed by atoms with Gasteiger partial charge in [-0.3, -0.25) is 4.79 Å². The highest BCUT2D eigenvalue weighted by Crippen LogP contribution is 2.22. The zero-order valence-electron chi connectivity index (χ0n) is 18.6. The molecule has 6 nitrogen and oxygen atoms in total. The van der Waals surface area contributed by atoms with Gasteiger partial charge in [0.15, 0.2) is 0 Å². The molecule has 0 radical (unpaired) electrons. The number of benzene rings is 2. The highest BCUT2D eigenvalue weighted by atomic mass is 16.6. The van der Waals surface area contributed by atoms with Gasteiger partial charge in [-0.05, 0) is 57.5 Å². The van der Waals surface area contributed by atoms with E-state index < -0.39 is 5.60 Å². The Hall–Kier alpha value is -3.12. The fourth-order valence-corrected chi connectivity index (χ4v) is 3.06. The molecule has 0 aliphatic carbocycles. The van der Waals surface area contributed by atoms with Gasteiger partial charge < -0.3 is 19.2 Å². The minimum absolute atomic E-state index is 0.164. The number of carbonyl (C=O) groups is 1. The number of aromatic nitrogens is 1. The number of nitrogens with one attached hydrogen (secondary N) is 1. The average molecular weight is 423 g/mol. The quantitative estimate of drug-likeness (QED) is 0.504. The van der Waals surface area contributed by atoms with E-state index in [1.165, 1.54) is 0 Å². The van der Waals surface area contributed by atoms with Crippen LogP contribution in [-0.4, -0.2) is 29.7 Å². The second-order valence-electron chi connectivity index (χ2n) is 8.32. The van der Waals surface area contributed by atoms with Crippen molar-refractivity contribution in [3.8, 4) is 17.2 Å². The fourth-order valence-electron chi connectivity index (χ4n) is 3.06. The van der Waals surface area contributed by atoms with E-state index in [0.717, 1.165) is 28.3 Å².